The Bertz CT molecular complexity index is 67.9. The average Bonchev–Trinajstić information content (AvgIpc) is 1.35. The van der Waals surface area contributed by atoms with Crippen LogP contribution in [0.1, 0.15) is 0 Å². The van der Waals surface area contributed by atoms with Gasteiger partial charge in [0.15, 0.2) is 0 Å². The average molecular weight is 109 g/mol. The van der Waals surface area contributed by atoms with E-state index >= 15 is 0 Å². The first kappa shape index (κ1) is 5.37. The quantitative estimate of drug-likeness (QED) is 0.501. The minimum atomic E-state index is -1.51. The van der Waals surface area contributed by atoms with Gasteiger partial charge in [0.05, 0.1) is 0 Å². The zero-order chi connectivity index (χ0) is 4.99. The molecule has 0 saturated carbocycles. The predicted molar refractivity (Wildman–Crippen MR) is 18.1 cm³/mol. The summed E-state index contributed by atoms with van der Waals surface area (Å²) in [6, 6.07) is 0. The van der Waals surface area contributed by atoms with Crippen LogP contribution in [-0.4, -0.2) is 11.3 Å². The van der Waals surface area contributed by atoms with Gasteiger partial charge < -0.3 is 5.11 Å². The summed E-state index contributed by atoms with van der Waals surface area (Å²) in [4.78, 5) is 9.18. The highest BCUT2D eigenvalue weighted by Gasteiger charge is 1.97. The van der Waals surface area contributed by atoms with Crippen molar-refractivity contribution in [3.05, 3.63) is 0 Å². The highest BCUT2D eigenvalue weighted by atomic mass is 31.1. The largest absolute Gasteiger partial charge is 0.553 e. The Kier molecular flexibility index (Phi) is 2.33. The summed E-state index contributed by atoms with van der Waals surface area (Å²) in [5, 5.41) is 7.50. The van der Waals surface area contributed by atoms with Crippen molar-refractivity contribution in [2.45, 2.75) is 0 Å². The molecule has 5 heteroatoms. The molecule has 0 saturated heterocycles. The van der Waals surface area contributed by atoms with Gasteiger partial charge in [-0.15, -0.1) is 0 Å². The van der Waals surface area contributed by atoms with Crippen molar-refractivity contribution >= 4 is 14.8 Å². The number of hydrogen-bond donors (Lipinski definition) is 1. The summed E-state index contributed by atoms with van der Waals surface area (Å²) in [5.41, 5.74) is 0. The van der Waals surface area contributed by atoms with Crippen molar-refractivity contribution in [2.24, 2.45) is 0 Å². The molecule has 0 aliphatic rings. The van der Waals surface area contributed by atoms with E-state index in [1.807, 2.05) is 0 Å². The van der Waals surface area contributed by atoms with Gasteiger partial charge in [-0.1, -0.05) is 0 Å². The molecule has 0 aromatic rings. The van der Waals surface area contributed by atoms with E-state index in [1.165, 1.54) is 0 Å². The summed E-state index contributed by atoms with van der Waals surface area (Å²) >= 11 is 0. The third-order valence-corrected chi connectivity index (χ3v) is 0.387. The molecule has 1 unspecified atom stereocenters. The molecule has 34 valence electrons. The lowest BCUT2D eigenvalue weighted by atomic mass is 11.5. The molecule has 0 amide bonds. The van der Waals surface area contributed by atoms with Crippen LogP contribution in [0.15, 0.2) is 0 Å². The van der Waals surface area contributed by atoms with Crippen molar-refractivity contribution < 1.29 is 19.0 Å². The van der Waals surface area contributed by atoms with E-state index in [9.17, 15) is 4.79 Å². The van der Waals surface area contributed by atoms with Gasteiger partial charge in [0.1, 0.15) is 0 Å². The van der Waals surface area contributed by atoms with Crippen LogP contribution in [0.2, 0.25) is 0 Å². The number of carboxylic acid groups (broad SMARTS) is 1. The molecule has 0 radical (unpaired) electrons. The minimum Gasteiger partial charge on any atom is -0.447 e. The maximum atomic E-state index is 9.18. The summed E-state index contributed by atoms with van der Waals surface area (Å²) in [7, 11) is -1.21. The Morgan fingerprint density at radius 2 is 2.33 bits per heavy atom. The second-order valence-corrected chi connectivity index (χ2v) is 0.822. The van der Waals surface area contributed by atoms with Crippen molar-refractivity contribution in [3.8, 4) is 0 Å². The third-order valence-electron chi connectivity index (χ3n) is 0.129. The first-order chi connectivity index (χ1) is 2.77. The molecule has 0 aliphatic carbocycles. The molecule has 1 N–H and O–H groups in total. The summed E-state index contributed by atoms with van der Waals surface area (Å²) in [5.74, 6) is 0. The van der Waals surface area contributed by atoms with E-state index in [4.69, 9.17) is 9.67 Å². The van der Waals surface area contributed by atoms with Gasteiger partial charge in [0, 0.05) is 0 Å². The summed E-state index contributed by atoms with van der Waals surface area (Å²) in [6.45, 7) is 0. The second kappa shape index (κ2) is 2.60. The molecule has 0 heterocycles. The van der Waals surface area contributed by atoms with E-state index in [2.05, 4.69) is 4.52 Å². The fraction of sp³-hybridized carbons (Fsp3) is 0. The van der Waals surface area contributed by atoms with Gasteiger partial charge in [-0.25, -0.2) is 0 Å². The van der Waals surface area contributed by atoms with Gasteiger partial charge in [-0.05, 0) is 4.57 Å². The molecule has 0 fully saturated rings. The molecule has 0 rings (SSSR count). The van der Waals surface area contributed by atoms with E-state index in [0.717, 1.165) is 0 Å². The van der Waals surface area contributed by atoms with Gasteiger partial charge in [0.25, 0.3) is 0 Å². The number of carbonyl (C=O) groups is 1. The highest BCUT2D eigenvalue weighted by molar-refractivity contribution is 7.18. The first-order valence-corrected chi connectivity index (χ1v) is 1.86. The van der Waals surface area contributed by atoms with Crippen LogP contribution in [0, 0.1) is 0 Å². The van der Waals surface area contributed by atoms with Crippen LogP contribution in [-0.2, 0) is 9.09 Å². The van der Waals surface area contributed by atoms with Crippen molar-refractivity contribution in [1.82, 2.24) is 0 Å². The molecular formula is CH2O4P+. The maximum absolute atomic E-state index is 9.18. The zero-order valence-corrected chi connectivity index (χ0v) is 3.67. The summed E-state index contributed by atoms with van der Waals surface area (Å²) < 4.78 is 12.6. The van der Waals surface area contributed by atoms with Crippen LogP contribution < -0.4 is 0 Å². The normalized spacial score (nSPS) is 8.00. The van der Waals surface area contributed by atoms with Crippen LogP contribution in [0.4, 0.5) is 4.79 Å². The molecule has 0 aromatic heterocycles. The predicted octanol–water partition coefficient (Wildman–Crippen LogP) is 0.620. The molecular weight excluding hydrogens is 107 g/mol. The fourth-order valence-electron chi connectivity index (χ4n) is 0.0356. The van der Waals surface area contributed by atoms with Gasteiger partial charge in [-0.3, -0.25) is 0 Å². The monoisotopic (exact) mass is 109 g/mol. The molecule has 0 bridgehead atoms. The van der Waals surface area contributed by atoms with E-state index in [-0.39, 0.29) is 0 Å². The molecule has 0 aromatic carbocycles. The van der Waals surface area contributed by atoms with Crippen LogP contribution >= 0.6 is 8.69 Å². The van der Waals surface area contributed by atoms with E-state index < -0.39 is 14.8 Å². The van der Waals surface area contributed by atoms with Crippen LogP contribution in [0.5, 0.6) is 0 Å². The molecule has 4 nitrogen and oxygen atoms in total. The second-order valence-electron chi connectivity index (χ2n) is 0.451. The molecule has 0 aliphatic heterocycles. The Labute approximate surface area is 35.0 Å². The smallest absolute Gasteiger partial charge is 0.447 e. The SMILES string of the molecule is O=[PH+]OC(=O)O. The van der Waals surface area contributed by atoms with E-state index in [1.54, 1.807) is 0 Å². The minimum absolute atomic E-state index is 1.21. The maximum Gasteiger partial charge on any atom is 0.553 e. The lowest BCUT2D eigenvalue weighted by molar-refractivity contribution is 0.149. The van der Waals surface area contributed by atoms with Crippen molar-refractivity contribution in [2.75, 3.05) is 0 Å². The topological polar surface area (TPSA) is 63.6 Å². The number of hydrogen-bond acceptors (Lipinski definition) is 3. The third kappa shape index (κ3) is 3.37. The Morgan fingerprint density at radius 3 is 2.33 bits per heavy atom. The van der Waals surface area contributed by atoms with Crippen molar-refractivity contribution in [3.63, 3.8) is 0 Å². The lowest BCUT2D eigenvalue weighted by Crippen LogP contribution is -1.86. The number of rotatable bonds is 1. The first-order valence-electron chi connectivity index (χ1n) is 1.04. The molecule has 0 spiro atoms. The molecule has 6 heavy (non-hydrogen) atoms. The Hall–Kier alpha value is -0.630. The van der Waals surface area contributed by atoms with Gasteiger partial charge in [-0.2, -0.15) is 9.32 Å². The van der Waals surface area contributed by atoms with Crippen LogP contribution in [0.3, 0.4) is 0 Å². The standard InChI is InChI=1S/CHO4P/c2-1(3)5-6-4/h6H/p+1. The van der Waals surface area contributed by atoms with Gasteiger partial charge in [0.2, 0.25) is 0 Å². The van der Waals surface area contributed by atoms with E-state index in [0.29, 0.717) is 0 Å². The molecule has 1 atom stereocenters. The lowest BCUT2D eigenvalue weighted by Gasteiger charge is -1.66. The van der Waals surface area contributed by atoms with Crippen LogP contribution in [0.25, 0.3) is 0 Å². The Morgan fingerprint density at radius 1 is 1.83 bits per heavy atom. The van der Waals surface area contributed by atoms with Crippen molar-refractivity contribution in [1.29, 1.82) is 0 Å². The fourth-order valence-corrected chi connectivity index (χ4v) is 0.107. The summed E-state index contributed by atoms with van der Waals surface area (Å²) in [6.07, 6.45) is -1.51. The zero-order valence-electron chi connectivity index (χ0n) is 2.67. The highest BCUT2D eigenvalue weighted by Crippen LogP contribution is 1.91. The Balaban J connectivity index is 3.05. The van der Waals surface area contributed by atoms with Gasteiger partial charge >= 0.3 is 14.8 Å².